The average molecular weight is 299 g/mol. The van der Waals surface area contributed by atoms with Crippen LogP contribution in [0.4, 0.5) is 4.79 Å². The smallest absolute Gasteiger partial charge is 0.318 e. The zero-order valence-corrected chi connectivity index (χ0v) is 12.3. The van der Waals surface area contributed by atoms with Crippen LogP contribution in [-0.2, 0) is 14.4 Å². The van der Waals surface area contributed by atoms with Gasteiger partial charge < -0.3 is 15.3 Å². The van der Waals surface area contributed by atoms with Gasteiger partial charge in [0.05, 0.1) is 0 Å². The minimum absolute atomic E-state index is 0.0851. The molecule has 8 heteroatoms. The van der Waals surface area contributed by atoms with E-state index >= 15 is 0 Å². The van der Waals surface area contributed by atoms with Crippen LogP contribution in [0.1, 0.15) is 33.1 Å². The summed E-state index contributed by atoms with van der Waals surface area (Å²) in [6.07, 6.45) is 1.21. The normalized spacial score (nSPS) is 15.6. The Balaban J connectivity index is 2.34. The monoisotopic (exact) mass is 299 g/mol. The maximum absolute atomic E-state index is 11.8. The van der Waals surface area contributed by atoms with Crippen molar-refractivity contribution < 1.29 is 24.3 Å². The Kier molecular flexibility index (Phi) is 5.69. The largest absolute Gasteiger partial charge is 0.481 e. The second kappa shape index (κ2) is 7.05. The molecule has 8 nitrogen and oxygen atoms in total. The van der Waals surface area contributed by atoms with Gasteiger partial charge >= 0.3 is 12.0 Å². The molecule has 0 aromatic rings. The van der Waals surface area contributed by atoms with Crippen LogP contribution >= 0.6 is 0 Å². The standard InChI is InChI=1S/C13H21N3O5/c1-13(2,4-3-11(19)20)5-6-14-12(21)16-7-9(17)15-10(18)8-16/h3-8H2,1-2H3,(H,14,21)(H,19,20)(H,15,17,18). The van der Waals surface area contributed by atoms with Crippen LogP contribution in [0.15, 0.2) is 0 Å². The number of rotatable bonds is 6. The van der Waals surface area contributed by atoms with Gasteiger partial charge in [0, 0.05) is 13.0 Å². The number of imide groups is 1. The van der Waals surface area contributed by atoms with Gasteiger partial charge in [-0.15, -0.1) is 0 Å². The summed E-state index contributed by atoms with van der Waals surface area (Å²) in [6, 6.07) is -0.466. The van der Waals surface area contributed by atoms with Crippen LogP contribution in [0.25, 0.3) is 0 Å². The maximum atomic E-state index is 11.8. The molecule has 1 heterocycles. The number of carbonyl (C=O) groups excluding carboxylic acids is 3. The zero-order valence-electron chi connectivity index (χ0n) is 12.3. The third kappa shape index (κ3) is 6.24. The Labute approximate surface area is 122 Å². The average Bonchev–Trinajstić information content (AvgIpc) is 2.35. The van der Waals surface area contributed by atoms with Crippen molar-refractivity contribution >= 4 is 23.8 Å². The summed E-state index contributed by atoms with van der Waals surface area (Å²) in [5.74, 6) is -1.84. The van der Waals surface area contributed by atoms with Crippen molar-refractivity contribution in [3.05, 3.63) is 0 Å². The first-order valence-electron chi connectivity index (χ1n) is 6.77. The Hall–Kier alpha value is -2.12. The Morgan fingerprint density at radius 1 is 1.24 bits per heavy atom. The summed E-state index contributed by atoms with van der Waals surface area (Å²) < 4.78 is 0. The fourth-order valence-electron chi connectivity index (χ4n) is 1.97. The van der Waals surface area contributed by atoms with Crippen molar-refractivity contribution in [1.82, 2.24) is 15.5 Å². The molecule has 1 aliphatic rings. The van der Waals surface area contributed by atoms with Crippen LogP contribution < -0.4 is 10.6 Å². The van der Waals surface area contributed by atoms with E-state index in [1.54, 1.807) is 0 Å². The molecular weight excluding hydrogens is 278 g/mol. The fourth-order valence-corrected chi connectivity index (χ4v) is 1.97. The molecule has 1 rings (SSSR count). The molecule has 0 aliphatic carbocycles. The van der Waals surface area contributed by atoms with E-state index in [1.165, 1.54) is 0 Å². The molecule has 3 N–H and O–H groups in total. The van der Waals surface area contributed by atoms with Crippen molar-refractivity contribution in [2.75, 3.05) is 19.6 Å². The molecule has 0 spiro atoms. The minimum atomic E-state index is -0.843. The van der Waals surface area contributed by atoms with Gasteiger partial charge in [0.1, 0.15) is 13.1 Å². The third-order valence-electron chi connectivity index (χ3n) is 3.33. The first kappa shape index (κ1) is 16.9. The molecule has 0 unspecified atom stereocenters. The summed E-state index contributed by atoms with van der Waals surface area (Å²) in [4.78, 5) is 45.8. The number of nitrogens with one attached hydrogen (secondary N) is 2. The highest BCUT2D eigenvalue weighted by Gasteiger charge is 2.26. The first-order valence-corrected chi connectivity index (χ1v) is 6.77. The number of urea groups is 1. The molecule has 4 amide bonds. The highest BCUT2D eigenvalue weighted by atomic mass is 16.4. The number of amides is 4. The fraction of sp³-hybridized carbons (Fsp3) is 0.692. The van der Waals surface area contributed by atoms with Crippen molar-refractivity contribution in [2.45, 2.75) is 33.1 Å². The van der Waals surface area contributed by atoms with Gasteiger partial charge in [0.15, 0.2) is 0 Å². The van der Waals surface area contributed by atoms with Gasteiger partial charge in [-0.05, 0) is 18.3 Å². The molecular formula is C13H21N3O5. The lowest BCUT2D eigenvalue weighted by molar-refractivity contribution is -0.138. The van der Waals surface area contributed by atoms with E-state index in [4.69, 9.17) is 5.11 Å². The van der Waals surface area contributed by atoms with Crippen molar-refractivity contribution in [1.29, 1.82) is 0 Å². The lowest BCUT2D eigenvalue weighted by atomic mass is 9.84. The Morgan fingerprint density at radius 3 is 2.33 bits per heavy atom. The summed E-state index contributed by atoms with van der Waals surface area (Å²) in [5.41, 5.74) is -0.208. The van der Waals surface area contributed by atoms with E-state index in [1.807, 2.05) is 13.8 Å². The molecule has 118 valence electrons. The second-order valence-electron chi connectivity index (χ2n) is 5.87. The number of nitrogens with zero attached hydrogens (tertiary/aromatic N) is 1. The number of carbonyl (C=O) groups is 4. The van der Waals surface area contributed by atoms with Gasteiger partial charge in [-0.25, -0.2) is 4.79 Å². The molecule has 0 aromatic heterocycles. The van der Waals surface area contributed by atoms with Gasteiger partial charge in [-0.3, -0.25) is 19.7 Å². The Bertz CT molecular complexity index is 431. The maximum Gasteiger partial charge on any atom is 0.318 e. The van der Waals surface area contributed by atoms with E-state index in [0.29, 0.717) is 19.4 Å². The van der Waals surface area contributed by atoms with Crippen LogP contribution in [0, 0.1) is 5.41 Å². The highest BCUT2D eigenvalue weighted by Crippen LogP contribution is 2.25. The lowest BCUT2D eigenvalue weighted by Crippen LogP contribution is -2.55. The molecule has 1 saturated heterocycles. The van der Waals surface area contributed by atoms with E-state index in [0.717, 1.165) is 4.90 Å². The van der Waals surface area contributed by atoms with Gasteiger partial charge in [-0.1, -0.05) is 13.8 Å². The molecule has 0 aromatic carbocycles. The summed E-state index contributed by atoms with van der Waals surface area (Å²) in [6.45, 7) is 3.94. The number of aliphatic carboxylic acids is 1. The number of piperazine rings is 1. The summed E-state index contributed by atoms with van der Waals surface area (Å²) in [7, 11) is 0. The van der Waals surface area contributed by atoms with Crippen LogP contribution in [0.3, 0.4) is 0 Å². The summed E-state index contributed by atoms with van der Waals surface area (Å²) in [5, 5.41) is 13.4. The van der Waals surface area contributed by atoms with E-state index in [2.05, 4.69) is 10.6 Å². The van der Waals surface area contributed by atoms with Crippen LogP contribution in [0.2, 0.25) is 0 Å². The summed E-state index contributed by atoms with van der Waals surface area (Å²) >= 11 is 0. The van der Waals surface area contributed by atoms with Crippen LogP contribution in [-0.4, -0.2) is 53.5 Å². The molecule has 1 fully saturated rings. The SMILES string of the molecule is CC(C)(CCNC(=O)N1CC(=O)NC(=O)C1)CCC(=O)O. The Morgan fingerprint density at radius 2 is 1.81 bits per heavy atom. The molecule has 0 radical (unpaired) electrons. The second-order valence-corrected chi connectivity index (χ2v) is 5.87. The van der Waals surface area contributed by atoms with Crippen LogP contribution in [0.5, 0.6) is 0 Å². The van der Waals surface area contributed by atoms with Gasteiger partial charge in [0.25, 0.3) is 0 Å². The first-order chi connectivity index (χ1) is 9.69. The predicted octanol–water partition coefficient (Wildman–Crippen LogP) is -0.0645. The predicted molar refractivity (Wildman–Crippen MR) is 73.4 cm³/mol. The quantitative estimate of drug-likeness (QED) is 0.594. The van der Waals surface area contributed by atoms with E-state index in [9.17, 15) is 19.2 Å². The molecule has 21 heavy (non-hydrogen) atoms. The molecule has 0 atom stereocenters. The highest BCUT2D eigenvalue weighted by molar-refractivity contribution is 6.02. The van der Waals surface area contributed by atoms with E-state index < -0.39 is 23.8 Å². The van der Waals surface area contributed by atoms with Crippen molar-refractivity contribution in [3.8, 4) is 0 Å². The van der Waals surface area contributed by atoms with Gasteiger partial charge in [0.2, 0.25) is 11.8 Å². The van der Waals surface area contributed by atoms with E-state index in [-0.39, 0.29) is 24.9 Å². The van der Waals surface area contributed by atoms with Gasteiger partial charge in [-0.2, -0.15) is 0 Å². The third-order valence-corrected chi connectivity index (χ3v) is 3.33. The zero-order chi connectivity index (χ0) is 16.0. The number of hydrogen-bond acceptors (Lipinski definition) is 4. The number of hydrogen-bond donors (Lipinski definition) is 3. The molecule has 0 saturated carbocycles. The minimum Gasteiger partial charge on any atom is -0.481 e. The lowest BCUT2D eigenvalue weighted by Gasteiger charge is -2.27. The topological polar surface area (TPSA) is 116 Å². The molecule has 1 aliphatic heterocycles. The molecule has 0 bridgehead atoms. The van der Waals surface area contributed by atoms with Crippen molar-refractivity contribution in [3.63, 3.8) is 0 Å². The van der Waals surface area contributed by atoms with Crippen molar-refractivity contribution in [2.24, 2.45) is 5.41 Å². The number of carboxylic acids is 1. The number of carboxylic acid groups (broad SMARTS) is 1.